The molecule has 1 aromatic carbocycles. The van der Waals surface area contributed by atoms with Crippen molar-refractivity contribution in [2.45, 2.75) is 39.8 Å². The van der Waals surface area contributed by atoms with Crippen LogP contribution in [0.3, 0.4) is 0 Å². The van der Waals surface area contributed by atoms with Crippen LogP contribution in [0.2, 0.25) is 0 Å². The number of aromatic nitrogens is 2. The molecule has 0 aliphatic heterocycles. The van der Waals surface area contributed by atoms with Gasteiger partial charge < -0.3 is 15.4 Å². The van der Waals surface area contributed by atoms with Crippen LogP contribution < -0.4 is 10.9 Å². The number of hydrogen-bond donors (Lipinski definition) is 3. The summed E-state index contributed by atoms with van der Waals surface area (Å²) in [4.78, 5) is 27.4. The van der Waals surface area contributed by atoms with Gasteiger partial charge in [0.2, 0.25) is 5.91 Å². The quantitative estimate of drug-likeness (QED) is 0.720. The highest BCUT2D eigenvalue weighted by Gasteiger charge is 2.22. The Hall–Kier alpha value is -1.99. The fourth-order valence-corrected chi connectivity index (χ4v) is 2.50. The third kappa shape index (κ3) is 4.30. The van der Waals surface area contributed by atoms with Crippen molar-refractivity contribution in [3.63, 3.8) is 0 Å². The summed E-state index contributed by atoms with van der Waals surface area (Å²) in [5.74, 6) is -0.229. The van der Waals surface area contributed by atoms with Crippen LogP contribution >= 0.6 is 12.2 Å². The lowest BCUT2D eigenvalue weighted by atomic mass is 9.89. The molecule has 0 fully saturated rings. The van der Waals surface area contributed by atoms with Gasteiger partial charge in [-0.25, -0.2) is 0 Å². The molecule has 6 nitrogen and oxygen atoms in total. The van der Waals surface area contributed by atoms with Crippen LogP contribution in [0.1, 0.15) is 27.2 Å². The Kier molecular flexibility index (Phi) is 5.56. The highest BCUT2D eigenvalue weighted by Crippen LogP contribution is 2.18. The topological polar surface area (TPSA) is 87.1 Å². The van der Waals surface area contributed by atoms with Gasteiger partial charge in [-0.15, -0.1) is 0 Å². The molecule has 1 atom stereocenters. The van der Waals surface area contributed by atoms with Gasteiger partial charge in [0.05, 0.1) is 17.0 Å². The maximum absolute atomic E-state index is 12.5. The smallest absolute Gasteiger partial charge is 0.262 e. The first-order valence-electron chi connectivity index (χ1n) is 7.87. The molecule has 1 amide bonds. The summed E-state index contributed by atoms with van der Waals surface area (Å²) in [6, 6.07) is 7.12. The van der Waals surface area contributed by atoms with Gasteiger partial charge in [0.15, 0.2) is 4.77 Å². The minimum absolute atomic E-state index is 0.118. The lowest BCUT2D eigenvalue weighted by molar-refractivity contribution is -0.122. The SMILES string of the molecule is CC(C)(C)C(O)CNC(=O)CCn1c(=S)[nH]c2ccccc2c1=O. The number of para-hydroxylation sites is 1. The third-order valence-electron chi connectivity index (χ3n) is 3.94. The van der Waals surface area contributed by atoms with Crippen LogP contribution in [0.4, 0.5) is 0 Å². The number of amides is 1. The maximum atomic E-state index is 12.5. The first kappa shape index (κ1) is 18.4. The van der Waals surface area contributed by atoms with Crippen molar-refractivity contribution in [2.24, 2.45) is 5.41 Å². The fraction of sp³-hybridized carbons (Fsp3) is 0.471. The van der Waals surface area contributed by atoms with E-state index in [0.717, 1.165) is 0 Å². The van der Waals surface area contributed by atoms with Gasteiger partial charge in [0.1, 0.15) is 0 Å². The zero-order valence-electron chi connectivity index (χ0n) is 14.1. The van der Waals surface area contributed by atoms with Crippen molar-refractivity contribution in [3.05, 3.63) is 39.4 Å². The Morgan fingerprint density at radius 2 is 2.04 bits per heavy atom. The van der Waals surface area contributed by atoms with Crippen LogP contribution in [0, 0.1) is 10.2 Å². The third-order valence-corrected chi connectivity index (χ3v) is 4.27. The van der Waals surface area contributed by atoms with Crippen molar-refractivity contribution in [2.75, 3.05) is 6.54 Å². The monoisotopic (exact) mass is 349 g/mol. The number of aliphatic hydroxyl groups excluding tert-OH is 1. The molecular formula is C17H23N3O3S. The second-order valence-electron chi connectivity index (χ2n) is 6.87. The summed E-state index contributed by atoms with van der Waals surface area (Å²) in [7, 11) is 0. The molecule has 0 bridgehead atoms. The van der Waals surface area contributed by atoms with Crippen molar-refractivity contribution < 1.29 is 9.90 Å². The van der Waals surface area contributed by atoms with E-state index in [2.05, 4.69) is 10.3 Å². The molecule has 2 aromatic rings. The summed E-state index contributed by atoms with van der Waals surface area (Å²) in [6.07, 6.45) is -0.514. The lowest BCUT2D eigenvalue weighted by Gasteiger charge is -2.25. The van der Waals surface area contributed by atoms with Crippen LogP contribution in [0.25, 0.3) is 10.9 Å². The number of hydrogen-bond acceptors (Lipinski definition) is 4. The Morgan fingerprint density at radius 1 is 1.38 bits per heavy atom. The van der Waals surface area contributed by atoms with E-state index in [1.807, 2.05) is 26.8 Å². The molecule has 1 aromatic heterocycles. The normalized spacial score (nSPS) is 13.0. The minimum atomic E-state index is -0.632. The van der Waals surface area contributed by atoms with E-state index in [4.69, 9.17) is 12.2 Å². The van der Waals surface area contributed by atoms with E-state index in [-0.39, 0.29) is 36.4 Å². The number of nitrogens with one attached hydrogen (secondary N) is 2. The molecule has 0 aliphatic rings. The number of nitrogens with zero attached hydrogens (tertiary/aromatic N) is 1. The number of fused-ring (bicyclic) bond motifs is 1. The number of aromatic amines is 1. The summed E-state index contributed by atoms with van der Waals surface area (Å²) in [6.45, 7) is 6.07. The van der Waals surface area contributed by atoms with Gasteiger partial charge in [-0.2, -0.15) is 0 Å². The van der Waals surface area contributed by atoms with E-state index in [0.29, 0.717) is 15.7 Å². The molecule has 0 saturated carbocycles. The molecular weight excluding hydrogens is 326 g/mol. The number of carbonyl (C=O) groups is 1. The van der Waals surface area contributed by atoms with Gasteiger partial charge in [0, 0.05) is 19.5 Å². The average Bonchev–Trinajstić information content (AvgIpc) is 2.51. The highest BCUT2D eigenvalue weighted by atomic mass is 32.1. The van der Waals surface area contributed by atoms with Crippen molar-refractivity contribution in [1.29, 1.82) is 0 Å². The summed E-state index contributed by atoms with van der Waals surface area (Å²) < 4.78 is 1.68. The largest absolute Gasteiger partial charge is 0.391 e. The first-order valence-corrected chi connectivity index (χ1v) is 8.27. The number of benzene rings is 1. The van der Waals surface area contributed by atoms with E-state index >= 15 is 0 Å². The predicted molar refractivity (Wildman–Crippen MR) is 96.5 cm³/mol. The van der Waals surface area contributed by atoms with E-state index in [1.165, 1.54) is 4.57 Å². The van der Waals surface area contributed by atoms with Crippen LogP contribution in [0.15, 0.2) is 29.1 Å². The Balaban J connectivity index is 2.05. The molecule has 0 saturated heterocycles. The second kappa shape index (κ2) is 7.27. The van der Waals surface area contributed by atoms with Gasteiger partial charge in [-0.05, 0) is 29.8 Å². The molecule has 0 radical (unpaired) electrons. The van der Waals surface area contributed by atoms with Gasteiger partial charge in [-0.3, -0.25) is 14.2 Å². The number of aliphatic hydroxyl groups is 1. The fourth-order valence-electron chi connectivity index (χ4n) is 2.22. The molecule has 0 aliphatic carbocycles. The summed E-state index contributed by atoms with van der Waals surface area (Å²) >= 11 is 5.21. The lowest BCUT2D eigenvalue weighted by Crippen LogP contribution is -2.39. The van der Waals surface area contributed by atoms with Crippen LogP contribution in [0.5, 0.6) is 0 Å². The van der Waals surface area contributed by atoms with Crippen LogP contribution in [-0.4, -0.2) is 33.2 Å². The molecule has 24 heavy (non-hydrogen) atoms. The molecule has 1 heterocycles. The molecule has 2 rings (SSSR count). The van der Waals surface area contributed by atoms with E-state index < -0.39 is 6.10 Å². The number of rotatable bonds is 5. The summed E-state index contributed by atoms with van der Waals surface area (Å²) in [5.41, 5.74) is 0.170. The zero-order valence-corrected chi connectivity index (χ0v) is 14.9. The number of carbonyl (C=O) groups excluding carboxylic acids is 1. The Morgan fingerprint density at radius 3 is 2.71 bits per heavy atom. The number of H-pyrrole nitrogens is 1. The average molecular weight is 349 g/mol. The molecule has 130 valence electrons. The van der Waals surface area contributed by atoms with Crippen molar-refractivity contribution >= 4 is 29.0 Å². The maximum Gasteiger partial charge on any atom is 0.262 e. The van der Waals surface area contributed by atoms with E-state index in [1.54, 1.807) is 18.2 Å². The second-order valence-corrected chi connectivity index (χ2v) is 7.26. The Bertz CT molecular complexity index is 849. The van der Waals surface area contributed by atoms with Gasteiger partial charge >= 0.3 is 0 Å². The zero-order chi connectivity index (χ0) is 17.9. The molecule has 7 heteroatoms. The minimum Gasteiger partial charge on any atom is -0.391 e. The highest BCUT2D eigenvalue weighted by molar-refractivity contribution is 7.71. The van der Waals surface area contributed by atoms with Gasteiger partial charge in [-0.1, -0.05) is 32.9 Å². The Labute approximate surface area is 145 Å². The van der Waals surface area contributed by atoms with Crippen LogP contribution in [-0.2, 0) is 11.3 Å². The predicted octanol–water partition coefficient (Wildman–Crippen LogP) is 1.97. The molecule has 3 N–H and O–H groups in total. The first-order chi connectivity index (χ1) is 11.2. The summed E-state index contributed by atoms with van der Waals surface area (Å²) in [5, 5.41) is 13.2. The standard InChI is InChI=1S/C17H23N3O3S/c1-17(2,3)13(21)10-18-14(22)8-9-20-15(23)11-6-4-5-7-12(11)19-16(20)24/h4-7,13,21H,8-10H2,1-3H3,(H,18,22)(H,19,24). The van der Waals surface area contributed by atoms with E-state index in [9.17, 15) is 14.7 Å². The van der Waals surface area contributed by atoms with Crippen molar-refractivity contribution in [1.82, 2.24) is 14.9 Å². The molecule has 1 unspecified atom stereocenters. The van der Waals surface area contributed by atoms with Gasteiger partial charge in [0.25, 0.3) is 5.56 Å². The van der Waals surface area contributed by atoms with Crippen molar-refractivity contribution in [3.8, 4) is 0 Å². The molecule has 0 spiro atoms.